The summed E-state index contributed by atoms with van der Waals surface area (Å²) < 4.78 is 23.2. The molecule has 6 nitrogen and oxygen atoms in total. The molecule has 0 aliphatic heterocycles. The summed E-state index contributed by atoms with van der Waals surface area (Å²) in [5, 5.41) is 22.0. The predicted octanol–water partition coefficient (Wildman–Crippen LogP) is 7.13. The topological polar surface area (TPSA) is 77.4 Å². The fourth-order valence-corrected chi connectivity index (χ4v) is 4.15. The third kappa shape index (κ3) is 8.99. The van der Waals surface area contributed by atoms with Crippen LogP contribution in [0.4, 0.5) is 0 Å². The standard InChI is InChI=1S/C31H48O6/c1-7-11-34-19-23-15-27(16-24(29(23)32)20-35-12-8-2)31(5,6)28-17-25(21-36-13-9-3)30(33)26(18-28)22-37-14-10-4/h15-18,32-33H,7-14,19-22H2,1-6H3. The Bertz CT molecular complexity index is 815. The Labute approximate surface area is 223 Å². The van der Waals surface area contributed by atoms with Gasteiger partial charge in [-0.2, -0.15) is 0 Å². The van der Waals surface area contributed by atoms with Gasteiger partial charge in [-0.05, 0) is 61.1 Å². The fraction of sp³-hybridized carbons (Fsp3) is 0.613. The molecule has 2 aromatic rings. The zero-order chi connectivity index (χ0) is 27.3. The highest BCUT2D eigenvalue weighted by Gasteiger charge is 2.28. The van der Waals surface area contributed by atoms with Crippen LogP contribution in [0.15, 0.2) is 24.3 Å². The molecule has 0 unspecified atom stereocenters. The van der Waals surface area contributed by atoms with Crippen molar-refractivity contribution in [1.82, 2.24) is 0 Å². The Morgan fingerprint density at radius 3 is 0.973 bits per heavy atom. The highest BCUT2D eigenvalue weighted by Crippen LogP contribution is 2.39. The maximum absolute atomic E-state index is 11.0. The largest absolute Gasteiger partial charge is 0.507 e. The van der Waals surface area contributed by atoms with E-state index in [4.69, 9.17) is 18.9 Å². The lowest BCUT2D eigenvalue weighted by Crippen LogP contribution is -2.21. The Kier molecular flexibility index (Phi) is 13.4. The molecule has 0 heterocycles. The van der Waals surface area contributed by atoms with Crippen LogP contribution in [0.1, 0.15) is 101 Å². The molecule has 0 aliphatic carbocycles. The van der Waals surface area contributed by atoms with Crippen molar-refractivity contribution in [2.24, 2.45) is 0 Å². The summed E-state index contributed by atoms with van der Waals surface area (Å²) in [6.45, 7) is 16.5. The van der Waals surface area contributed by atoms with Crippen LogP contribution in [0.2, 0.25) is 0 Å². The Morgan fingerprint density at radius 2 is 0.757 bits per heavy atom. The summed E-state index contributed by atoms with van der Waals surface area (Å²) in [5.74, 6) is 0.472. The van der Waals surface area contributed by atoms with Crippen LogP contribution in [0.3, 0.4) is 0 Å². The van der Waals surface area contributed by atoms with E-state index in [-0.39, 0.29) is 11.5 Å². The highest BCUT2D eigenvalue weighted by atomic mass is 16.5. The predicted molar refractivity (Wildman–Crippen MR) is 148 cm³/mol. The molecule has 0 saturated carbocycles. The van der Waals surface area contributed by atoms with E-state index in [0.717, 1.165) is 59.1 Å². The molecule has 2 rings (SSSR count). The van der Waals surface area contributed by atoms with Gasteiger partial charge in [0.1, 0.15) is 11.5 Å². The van der Waals surface area contributed by atoms with Gasteiger partial charge in [0.2, 0.25) is 0 Å². The van der Waals surface area contributed by atoms with Crippen molar-refractivity contribution in [2.45, 2.75) is 99.1 Å². The fourth-order valence-electron chi connectivity index (χ4n) is 4.15. The average Bonchev–Trinajstić information content (AvgIpc) is 2.88. The lowest BCUT2D eigenvalue weighted by Gasteiger charge is -2.29. The highest BCUT2D eigenvalue weighted by molar-refractivity contribution is 5.52. The van der Waals surface area contributed by atoms with Crippen molar-refractivity contribution in [3.05, 3.63) is 57.6 Å². The van der Waals surface area contributed by atoms with Gasteiger partial charge >= 0.3 is 0 Å². The first kappa shape index (κ1) is 31.1. The van der Waals surface area contributed by atoms with Crippen molar-refractivity contribution in [3.8, 4) is 11.5 Å². The summed E-state index contributed by atoms with van der Waals surface area (Å²) in [5.41, 5.74) is 4.68. The minimum Gasteiger partial charge on any atom is -0.507 e. The third-order valence-electron chi connectivity index (χ3n) is 6.40. The van der Waals surface area contributed by atoms with Crippen LogP contribution in [-0.4, -0.2) is 36.6 Å². The van der Waals surface area contributed by atoms with Gasteiger partial charge in [0.25, 0.3) is 0 Å². The lowest BCUT2D eigenvalue weighted by atomic mass is 9.76. The van der Waals surface area contributed by atoms with Gasteiger partial charge < -0.3 is 29.2 Å². The van der Waals surface area contributed by atoms with Crippen LogP contribution in [0, 0.1) is 0 Å². The van der Waals surface area contributed by atoms with Gasteiger partial charge in [0, 0.05) is 54.1 Å². The van der Waals surface area contributed by atoms with Crippen molar-refractivity contribution in [1.29, 1.82) is 0 Å². The van der Waals surface area contributed by atoms with E-state index >= 15 is 0 Å². The van der Waals surface area contributed by atoms with E-state index in [2.05, 4.69) is 41.5 Å². The summed E-state index contributed by atoms with van der Waals surface area (Å²) in [7, 11) is 0. The molecule has 0 spiro atoms. The van der Waals surface area contributed by atoms with E-state index in [1.54, 1.807) is 0 Å². The van der Waals surface area contributed by atoms with Gasteiger partial charge in [-0.25, -0.2) is 0 Å². The number of ether oxygens (including phenoxy) is 4. The second-order valence-corrected chi connectivity index (χ2v) is 10.1. The van der Waals surface area contributed by atoms with Crippen molar-refractivity contribution in [2.75, 3.05) is 26.4 Å². The van der Waals surface area contributed by atoms with Gasteiger partial charge in [0.05, 0.1) is 26.4 Å². The Hall–Kier alpha value is -2.12. The summed E-state index contributed by atoms with van der Waals surface area (Å²) in [6.07, 6.45) is 3.66. The first-order valence-corrected chi connectivity index (χ1v) is 13.8. The summed E-state index contributed by atoms with van der Waals surface area (Å²) in [4.78, 5) is 0. The van der Waals surface area contributed by atoms with Gasteiger partial charge in [-0.15, -0.1) is 0 Å². The molecule has 208 valence electrons. The van der Waals surface area contributed by atoms with Gasteiger partial charge in [-0.1, -0.05) is 41.5 Å². The zero-order valence-electron chi connectivity index (χ0n) is 23.8. The Balaban J connectivity index is 2.54. The molecular weight excluding hydrogens is 468 g/mol. The van der Waals surface area contributed by atoms with Gasteiger partial charge in [-0.3, -0.25) is 0 Å². The number of benzene rings is 2. The summed E-state index contributed by atoms with van der Waals surface area (Å²) in [6, 6.07) is 8.12. The smallest absolute Gasteiger partial charge is 0.126 e. The van der Waals surface area contributed by atoms with Crippen LogP contribution in [0.25, 0.3) is 0 Å². The van der Waals surface area contributed by atoms with Gasteiger partial charge in [0.15, 0.2) is 0 Å². The molecule has 0 aliphatic rings. The van der Waals surface area contributed by atoms with Crippen molar-refractivity contribution < 1.29 is 29.2 Å². The molecule has 6 heteroatoms. The molecule has 0 bridgehead atoms. The summed E-state index contributed by atoms with van der Waals surface area (Å²) >= 11 is 0. The minimum absolute atomic E-state index is 0.236. The molecule has 37 heavy (non-hydrogen) atoms. The van der Waals surface area contributed by atoms with E-state index in [9.17, 15) is 10.2 Å². The first-order valence-electron chi connectivity index (χ1n) is 13.8. The van der Waals surface area contributed by atoms with E-state index < -0.39 is 5.41 Å². The van der Waals surface area contributed by atoms with Crippen LogP contribution >= 0.6 is 0 Å². The molecular formula is C31H48O6. The third-order valence-corrected chi connectivity index (χ3v) is 6.40. The molecule has 0 amide bonds. The number of hydrogen-bond donors (Lipinski definition) is 2. The molecule has 0 atom stereocenters. The first-order chi connectivity index (χ1) is 17.8. The maximum Gasteiger partial charge on any atom is 0.126 e. The molecule has 2 N–H and O–H groups in total. The number of aromatic hydroxyl groups is 2. The number of hydrogen-bond acceptors (Lipinski definition) is 6. The number of phenolic OH excluding ortho intramolecular Hbond substituents is 2. The van der Waals surface area contributed by atoms with Crippen molar-refractivity contribution >= 4 is 0 Å². The molecule has 0 aromatic heterocycles. The van der Waals surface area contributed by atoms with Crippen LogP contribution in [0.5, 0.6) is 11.5 Å². The SMILES string of the molecule is CCCOCc1cc(C(C)(C)c2cc(COCCC)c(O)c(COCCC)c2)cc(COCCC)c1O. The number of phenols is 2. The maximum atomic E-state index is 11.0. The molecule has 0 fully saturated rings. The second kappa shape index (κ2) is 16.0. The number of rotatable bonds is 18. The normalized spacial score (nSPS) is 11.8. The van der Waals surface area contributed by atoms with E-state index in [1.165, 1.54) is 0 Å². The monoisotopic (exact) mass is 516 g/mol. The molecule has 0 radical (unpaired) electrons. The Morgan fingerprint density at radius 1 is 0.514 bits per heavy atom. The second-order valence-electron chi connectivity index (χ2n) is 10.1. The molecule has 2 aromatic carbocycles. The lowest BCUT2D eigenvalue weighted by molar-refractivity contribution is 0.114. The minimum atomic E-state index is -0.431. The zero-order valence-corrected chi connectivity index (χ0v) is 23.8. The quantitative estimate of drug-likeness (QED) is 0.205. The van der Waals surface area contributed by atoms with Crippen LogP contribution < -0.4 is 0 Å². The van der Waals surface area contributed by atoms with E-state index in [0.29, 0.717) is 52.9 Å². The average molecular weight is 517 g/mol. The van der Waals surface area contributed by atoms with Crippen molar-refractivity contribution in [3.63, 3.8) is 0 Å². The molecule has 0 saturated heterocycles. The van der Waals surface area contributed by atoms with Crippen LogP contribution in [-0.2, 0) is 50.8 Å². The van der Waals surface area contributed by atoms with E-state index in [1.807, 2.05) is 24.3 Å².